The van der Waals surface area contributed by atoms with E-state index in [1.165, 1.54) is 12.8 Å². The van der Waals surface area contributed by atoms with Gasteiger partial charge < -0.3 is 10.6 Å². The highest BCUT2D eigenvalue weighted by molar-refractivity contribution is 5.71. The van der Waals surface area contributed by atoms with Crippen LogP contribution in [0.4, 0.5) is 5.82 Å². The predicted octanol–water partition coefficient (Wildman–Crippen LogP) is 2.21. The molecule has 0 radical (unpaired) electrons. The predicted molar refractivity (Wildman–Crippen MR) is 80.6 cm³/mol. The third-order valence-electron chi connectivity index (χ3n) is 4.15. The second-order valence-corrected chi connectivity index (χ2v) is 6.08. The van der Waals surface area contributed by atoms with Crippen LogP contribution in [-0.4, -0.2) is 34.1 Å². The van der Waals surface area contributed by atoms with E-state index in [9.17, 15) is 0 Å². The summed E-state index contributed by atoms with van der Waals surface area (Å²) in [6.07, 6.45) is 5.88. The SMILES string of the molecule is CC1(C)CCCNC1CNc1ccc2nccnc2n1. The maximum absolute atomic E-state index is 4.49. The largest absolute Gasteiger partial charge is 0.368 e. The summed E-state index contributed by atoms with van der Waals surface area (Å²) in [5, 5.41) is 7.02. The van der Waals surface area contributed by atoms with Crippen LogP contribution in [0.5, 0.6) is 0 Å². The normalized spacial score (nSPS) is 21.8. The molecule has 2 N–H and O–H groups in total. The van der Waals surface area contributed by atoms with E-state index in [1.54, 1.807) is 12.4 Å². The molecule has 3 heterocycles. The Kier molecular flexibility index (Phi) is 3.53. The van der Waals surface area contributed by atoms with Gasteiger partial charge in [-0.1, -0.05) is 13.8 Å². The number of hydrogen-bond acceptors (Lipinski definition) is 5. The van der Waals surface area contributed by atoms with Gasteiger partial charge in [-0.15, -0.1) is 0 Å². The van der Waals surface area contributed by atoms with Crippen LogP contribution in [0.15, 0.2) is 24.5 Å². The van der Waals surface area contributed by atoms with Crippen LogP contribution in [-0.2, 0) is 0 Å². The Morgan fingerprint density at radius 3 is 3.00 bits per heavy atom. The molecule has 1 atom stereocenters. The molecule has 0 amide bonds. The average Bonchev–Trinajstić information content (AvgIpc) is 2.45. The summed E-state index contributed by atoms with van der Waals surface area (Å²) in [7, 11) is 0. The molecule has 1 aliphatic heterocycles. The lowest BCUT2D eigenvalue weighted by atomic mass is 9.77. The lowest BCUT2D eigenvalue weighted by Crippen LogP contribution is -2.50. The number of nitrogens with zero attached hydrogens (tertiary/aromatic N) is 3. The third-order valence-corrected chi connectivity index (χ3v) is 4.15. The van der Waals surface area contributed by atoms with E-state index >= 15 is 0 Å². The molecule has 0 bridgehead atoms. The van der Waals surface area contributed by atoms with E-state index in [0.717, 1.165) is 24.4 Å². The highest BCUT2D eigenvalue weighted by atomic mass is 15.1. The summed E-state index contributed by atoms with van der Waals surface area (Å²) in [6, 6.07) is 4.39. The topological polar surface area (TPSA) is 62.7 Å². The molecule has 20 heavy (non-hydrogen) atoms. The van der Waals surface area contributed by atoms with Crippen LogP contribution in [0.3, 0.4) is 0 Å². The fourth-order valence-corrected chi connectivity index (χ4v) is 2.78. The van der Waals surface area contributed by atoms with Crippen molar-refractivity contribution in [1.82, 2.24) is 20.3 Å². The molecule has 0 saturated carbocycles. The standard InChI is InChI=1S/C15H21N5/c1-15(2)6-3-7-17-12(15)10-19-13-5-4-11-14(20-13)18-9-8-16-11/h4-5,8-9,12,17H,3,6-7,10H2,1-2H3,(H,18,19,20). The monoisotopic (exact) mass is 271 g/mol. The van der Waals surface area contributed by atoms with Crippen LogP contribution in [0.25, 0.3) is 11.2 Å². The molecule has 2 aromatic heterocycles. The zero-order valence-electron chi connectivity index (χ0n) is 12.1. The van der Waals surface area contributed by atoms with E-state index in [2.05, 4.69) is 39.4 Å². The van der Waals surface area contributed by atoms with Crippen molar-refractivity contribution in [2.24, 2.45) is 5.41 Å². The number of hydrogen-bond donors (Lipinski definition) is 2. The molecular formula is C15H21N5. The number of piperidine rings is 1. The number of pyridine rings is 1. The Balaban J connectivity index is 1.70. The van der Waals surface area contributed by atoms with Crippen molar-refractivity contribution in [1.29, 1.82) is 0 Å². The Morgan fingerprint density at radius 1 is 1.30 bits per heavy atom. The number of rotatable bonds is 3. The van der Waals surface area contributed by atoms with Gasteiger partial charge in [0, 0.05) is 25.0 Å². The average molecular weight is 271 g/mol. The lowest BCUT2D eigenvalue weighted by molar-refractivity contribution is 0.188. The summed E-state index contributed by atoms with van der Waals surface area (Å²) < 4.78 is 0. The molecule has 1 fully saturated rings. The molecule has 5 heteroatoms. The molecule has 0 aromatic carbocycles. The molecule has 1 unspecified atom stereocenters. The van der Waals surface area contributed by atoms with Crippen LogP contribution < -0.4 is 10.6 Å². The molecule has 0 aliphatic carbocycles. The van der Waals surface area contributed by atoms with Crippen molar-refractivity contribution in [2.45, 2.75) is 32.7 Å². The number of nitrogens with one attached hydrogen (secondary N) is 2. The maximum Gasteiger partial charge on any atom is 0.180 e. The molecule has 0 spiro atoms. The highest BCUT2D eigenvalue weighted by Crippen LogP contribution is 2.30. The fraction of sp³-hybridized carbons (Fsp3) is 0.533. The van der Waals surface area contributed by atoms with Gasteiger partial charge in [-0.05, 0) is 36.9 Å². The smallest absolute Gasteiger partial charge is 0.180 e. The van der Waals surface area contributed by atoms with Crippen molar-refractivity contribution in [3.8, 4) is 0 Å². The summed E-state index contributed by atoms with van der Waals surface area (Å²) in [5.74, 6) is 0.862. The van der Waals surface area contributed by atoms with Crippen molar-refractivity contribution < 1.29 is 0 Å². The van der Waals surface area contributed by atoms with Gasteiger partial charge in [0.1, 0.15) is 11.3 Å². The van der Waals surface area contributed by atoms with Crippen LogP contribution in [0.1, 0.15) is 26.7 Å². The minimum absolute atomic E-state index is 0.321. The summed E-state index contributed by atoms with van der Waals surface area (Å²) >= 11 is 0. The van der Waals surface area contributed by atoms with Gasteiger partial charge in [0.05, 0.1) is 0 Å². The van der Waals surface area contributed by atoms with Gasteiger partial charge in [0.15, 0.2) is 5.65 Å². The van der Waals surface area contributed by atoms with Gasteiger partial charge in [0.2, 0.25) is 0 Å². The highest BCUT2D eigenvalue weighted by Gasteiger charge is 2.31. The van der Waals surface area contributed by atoms with Crippen molar-refractivity contribution >= 4 is 17.0 Å². The van der Waals surface area contributed by atoms with Gasteiger partial charge in [-0.25, -0.2) is 9.97 Å². The molecule has 1 aliphatic rings. The van der Waals surface area contributed by atoms with Crippen LogP contribution in [0, 0.1) is 5.41 Å². The van der Waals surface area contributed by atoms with Gasteiger partial charge in [-0.3, -0.25) is 4.98 Å². The Labute approximate surface area is 119 Å². The van der Waals surface area contributed by atoms with Crippen molar-refractivity contribution in [3.63, 3.8) is 0 Å². The maximum atomic E-state index is 4.49. The summed E-state index contributed by atoms with van der Waals surface area (Å²) in [4.78, 5) is 13.0. The zero-order chi connectivity index (χ0) is 14.0. The first kappa shape index (κ1) is 13.2. The molecule has 2 aromatic rings. The van der Waals surface area contributed by atoms with E-state index < -0.39 is 0 Å². The quantitative estimate of drug-likeness (QED) is 0.896. The van der Waals surface area contributed by atoms with Crippen molar-refractivity contribution in [3.05, 3.63) is 24.5 Å². The summed E-state index contributed by atoms with van der Waals surface area (Å²) in [6.45, 7) is 6.63. The lowest BCUT2D eigenvalue weighted by Gasteiger charge is -2.39. The first-order chi connectivity index (χ1) is 9.65. The van der Waals surface area contributed by atoms with E-state index in [4.69, 9.17) is 0 Å². The van der Waals surface area contributed by atoms with E-state index in [-0.39, 0.29) is 0 Å². The van der Waals surface area contributed by atoms with Crippen LogP contribution in [0.2, 0.25) is 0 Å². The second kappa shape index (κ2) is 5.32. The minimum Gasteiger partial charge on any atom is -0.368 e. The second-order valence-electron chi connectivity index (χ2n) is 6.08. The third kappa shape index (κ3) is 2.72. The van der Waals surface area contributed by atoms with E-state index in [1.807, 2.05) is 12.1 Å². The zero-order valence-corrected chi connectivity index (χ0v) is 12.1. The Bertz CT molecular complexity index is 596. The van der Waals surface area contributed by atoms with Gasteiger partial charge in [0.25, 0.3) is 0 Å². The molecule has 1 saturated heterocycles. The first-order valence-electron chi connectivity index (χ1n) is 7.20. The number of fused-ring (bicyclic) bond motifs is 1. The van der Waals surface area contributed by atoms with Crippen molar-refractivity contribution in [2.75, 3.05) is 18.4 Å². The molecule has 106 valence electrons. The van der Waals surface area contributed by atoms with Gasteiger partial charge in [-0.2, -0.15) is 0 Å². The minimum atomic E-state index is 0.321. The number of aromatic nitrogens is 3. The van der Waals surface area contributed by atoms with E-state index in [0.29, 0.717) is 17.1 Å². The Hall–Kier alpha value is -1.75. The fourth-order valence-electron chi connectivity index (χ4n) is 2.78. The first-order valence-corrected chi connectivity index (χ1v) is 7.20. The number of anilines is 1. The molecule has 3 rings (SSSR count). The molecule has 5 nitrogen and oxygen atoms in total. The Morgan fingerprint density at radius 2 is 2.15 bits per heavy atom. The van der Waals surface area contributed by atoms with Gasteiger partial charge >= 0.3 is 0 Å². The summed E-state index contributed by atoms with van der Waals surface area (Å²) in [5.41, 5.74) is 1.84. The van der Waals surface area contributed by atoms with Crippen LogP contribution >= 0.6 is 0 Å². The molecular weight excluding hydrogens is 250 g/mol.